The van der Waals surface area contributed by atoms with E-state index in [-0.39, 0.29) is 24.0 Å². The Morgan fingerprint density at radius 2 is 2.11 bits per heavy atom. The molecule has 0 fully saturated rings. The molecule has 1 heterocycles. The lowest BCUT2D eigenvalue weighted by Gasteiger charge is -1.97. The molecule has 2 aromatic rings. The Bertz CT molecular complexity index is 602. The third kappa shape index (κ3) is 3.30. The highest BCUT2D eigenvalue weighted by molar-refractivity contribution is 7.18. The third-order valence-electron chi connectivity index (χ3n) is 2.21. The van der Waals surface area contributed by atoms with Crippen molar-refractivity contribution < 1.29 is 13.6 Å². The van der Waals surface area contributed by atoms with Crippen LogP contribution in [0.5, 0.6) is 0 Å². The van der Waals surface area contributed by atoms with E-state index in [0.717, 1.165) is 23.5 Å². The highest BCUT2D eigenvalue weighted by Crippen LogP contribution is 2.27. The molecular formula is C11H10F2N4OS. The Kier molecular flexibility index (Phi) is 4.13. The Hall–Kier alpha value is -1.93. The van der Waals surface area contributed by atoms with E-state index in [2.05, 4.69) is 15.5 Å². The van der Waals surface area contributed by atoms with E-state index in [1.54, 1.807) is 0 Å². The van der Waals surface area contributed by atoms with Gasteiger partial charge in [0, 0.05) is 18.5 Å². The van der Waals surface area contributed by atoms with Crippen LogP contribution in [0.15, 0.2) is 18.2 Å². The van der Waals surface area contributed by atoms with Crippen molar-refractivity contribution in [2.45, 2.75) is 6.42 Å². The number of amides is 1. The van der Waals surface area contributed by atoms with Crippen molar-refractivity contribution >= 4 is 22.4 Å². The highest BCUT2D eigenvalue weighted by Gasteiger charge is 2.11. The van der Waals surface area contributed by atoms with Gasteiger partial charge >= 0.3 is 0 Å². The van der Waals surface area contributed by atoms with Crippen molar-refractivity contribution in [3.63, 3.8) is 0 Å². The fourth-order valence-electron chi connectivity index (χ4n) is 1.33. The molecular weight excluding hydrogens is 274 g/mol. The van der Waals surface area contributed by atoms with Gasteiger partial charge < -0.3 is 11.1 Å². The van der Waals surface area contributed by atoms with Gasteiger partial charge in [-0.3, -0.25) is 4.79 Å². The molecule has 1 aromatic heterocycles. The van der Waals surface area contributed by atoms with Crippen LogP contribution in [0.1, 0.15) is 6.42 Å². The molecule has 3 N–H and O–H groups in total. The number of aromatic nitrogens is 2. The average Bonchev–Trinajstić information content (AvgIpc) is 2.81. The van der Waals surface area contributed by atoms with Crippen LogP contribution in [0.25, 0.3) is 10.6 Å². The number of benzene rings is 1. The highest BCUT2D eigenvalue weighted by atomic mass is 32.1. The number of nitrogens with one attached hydrogen (secondary N) is 1. The summed E-state index contributed by atoms with van der Waals surface area (Å²) in [5, 5.41) is 10.7. The fourth-order valence-corrected chi connectivity index (χ4v) is 2.09. The lowest BCUT2D eigenvalue weighted by atomic mass is 10.2. The molecule has 0 aliphatic carbocycles. The zero-order chi connectivity index (χ0) is 13.8. The van der Waals surface area contributed by atoms with E-state index >= 15 is 0 Å². The molecule has 0 bridgehead atoms. The number of hydrogen-bond donors (Lipinski definition) is 2. The SMILES string of the molecule is NCCC(=O)Nc1nnc(-c2ccc(F)c(F)c2)s1. The molecule has 1 amide bonds. The summed E-state index contributed by atoms with van der Waals surface area (Å²) in [4.78, 5) is 11.3. The number of carbonyl (C=O) groups excluding carboxylic acids is 1. The van der Waals surface area contributed by atoms with Crippen LogP contribution >= 0.6 is 11.3 Å². The standard InChI is InChI=1S/C11H10F2N4OS/c12-7-2-1-6(5-8(7)13)10-16-17-11(19-10)15-9(18)3-4-14/h1-2,5H,3-4,14H2,(H,15,17,18). The summed E-state index contributed by atoms with van der Waals surface area (Å²) in [6.45, 7) is 0.237. The molecule has 0 saturated heterocycles. The topological polar surface area (TPSA) is 80.9 Å². The number of nitrogens with zero attached hydrogens (tertiary/aromatic N) is 2. The van der Waals surface area contributed by atoms with Crippen molar-refractivity contribution in [1.29, 1.82) is 0 Å². The second-order valence-corrected chi connectivity index (χ2v) is 4.61. The van der Waals surface area contributed by atoms with Gasteiger partial charge in [0.05, 0.1) is 0 Å². The first kappa shape index (κ1) is 13.5. The first-order valence-corrected chi connectivity index (χ1v) is 6.20. The molecule has 0 spiro atoms. The first-order chi connectivity index (χ1) is 9.10. The van der Waals surface area contributed by atoms with Gasteiger partial charge in [-0.15, -0.1) is 10.2 Å². The Balaban J connectivity index is 2.16. The zero-order valence-electron chi connectivity index (χ0n) is 9.69. The van der Waals surface area contributed by atoms with Crippen LogP contribution in [-0.4, -0.2) is 22.6 Å². The summed E-state index contributed by atoms with van der Waals surface area (Å²) in [5.74, 6) is -2.15. The molecule has 100 valence electrons. The Labute approximate surface area is 111 Å². The molecule has 0 saturated carbocycles. The quantitative estimate of drug-likeness (QED) is 0.896. The van der Waals surface area contributed by atoms with Crippen LogP contribution in [0.3, 0.4) is 0 Å². The lowest BCUT2D eigenvalue weighted by Crippen LogP contribution is -2.15. The zero-order valence-corrected chi connectivity index (χ0v) is 10.5. The summed E-state index contributed by atoms with van der Waals surface area (Å²) < 4.78 is 25.9. The van der Waals surface area contributed by atoms with E-state index in [1.165, 1.54) is 6.07 Å². The van der Waals surface area contributed by atoms with Crippen LogP contribution in [-0.2, 0) is 4.79 Å². The fraction of sp³-hybridized carbons (Fsp3) is 0.182. The summed E-state index contributed by atoms with van der Waals surface area (Å²) in [7, 11) is 0. The summed E-state index contributed by atoms with van der Waals surface area (Å²) >= 11 is 1.07. The maximum Gasteiger partial charge on any atom is 0.227 e. The monoisotopic (exact) mass is 284 g/mol. The molecule has 8 heteroatoms. The largest absolute Gasteiger partial charge is 0.330 e. The number of nitrogens with two attached hydrogens (primary N) is 1. The van der Waals surface area contributed by atoms with Gasteiger partial charge in [0.25, 0.3) is 0 Å². The van der Waals surface area contributed by atoms with Crippen LogP contribution in [0, 0.1) is 11.6 Å². The molecule has 0 aliphatic heterocycles. The van der Waals surface area contributed by atoms with Gasteiger partial charge in [-0.05, 0) is 18.2 Å². The maximum absolute atomic E-state index is 13.1. The van der Waals surface area contributed by atoms with E-state index < -0.39 is 11.6 Å². The average molecular weight is 284 g/mol. The smallest absolute Gasteiger partial charge is 0.227 e. The van der Waals surface area contributed by atoms with Gasteiger partial charge in [0.2, 0.25) is 11.0 Å². The predicted molar refractivity (Wildman–Crippen MR) is 67.6 cm³/mol. The first-order valence-electron chi connectivity index (χ1n) is 5.39. The minimum atomic E-state index is -0.957. The minimum Gasteiger partial charge on any atom is -0.330 e. The van der Waals surface area contributed by atoms with Gasteiger partial charge in [-0.2, -0.15) is 0 Å². The van der Waals surface area contributed by atoms with Crippen LogP contribution in [0.2, 0.25) is 0 Å². The maximum atomic E-state index is 13.1. The second kappa shape index (κ2) is 5.81. The van der Waals surface area contributed by atoms with Gasteiger partial charge in [-0.25, -0.2) is 8.78 Å². The van der Waals surface area contributed by atoms with Crippen molar-refractivity contribution in [1.82, 2.24) is 10.2 Å². The molecule has 0 unspecified atom stereocenters. The number of carbonyl (C=O) groups is 1. The van der Waals surface area contributed by atoms with Crippen molar-refractivity contribution in [2.75, 3.05) is 11.9 Å². The second-order valence-electron chi connectivity index (χ2n) is 3.63. The van der Waals surface area contributed by atoms with Crippen molar-refractivity contribution in [3.8, 4) is 10.6 Å². The number of anilines is 1. The Morgan fingerprint density at radius 3 is 2.79 bits per heavy atom. The molecule has 5 nitrogen and oxygen atoms in total. The normalized spacial score (nSPS) is 10.5. The van der Waals surface area contributed by atoms with E-state index in [9.17, 15) is 13.6 Å². The molecule has 0 atom stereocenters. The molecule has 0 radical (unpaired) electrons. The van der Waals surface area contributed by atoms with Crippen molar-refractivity contribution in [3.05, 3.63) is 29.8 Å². The van der Waals surface area contributed by atoms with Crippen molar-refractivity contribution in [2.24, 2.45) is 5.73 Å². The van der Waals surface area contributed by atoms with Crippen LogP contribution < -0.4 is 11.1 Å². The van der Waals surface area contributed by atoms with Gasteiger partial charge in [-0.1, -0.05) is 11.3 Å². The minimum absolute atomic E-state index is 0.181. The van der Waals surface area contributed by atoms with E-state index in [0.29, 0.717) is 10.6 Å². The predicted octanol–water partition coefficient (Wildman–Crippen LogP) is 1.77. The summed E-state index contributed by atoms with van der Waals surface area (Å²) in [6.07, 6.45) is 0.181. The molecule has 1 aromatic carbocycles. The van der Waals surface area contributed by atoms with Gasteiger partial charge in [0.15, 0.2) is 11.6 Å². The van der Waals surface area contributed by atoms with E-state index in [1.807, 2.05) is 0 Å². The molecule has 2 rings (SSSR count). The van der Waals surface area contributed by atoms with E-state index in [4.69, 9.17) is 5.73 Å². The summed E-state index contributed by atoms with van der Waals surface area (Å²) in [5.41, 5.74) is 5.64. The Morgan fingerprint density at radius 1 is 1.32 bits per heavy atom. The number of hydrogen-bond acceptors (Lipinski definition) is 5. The summed E-state index contributed by atoms with van der Waals surface area (Å²) in [6, 6.07) is 3.44. The molecule has 19 heavy (non-hydrogen) atoms. The number of halogens is 2. The van der Waals surface area contributed by atoms with Crippen LogP contribution in [0.4, 0.5) is 13.9 Å². The number of rotatable bonds is 4. The van der Waals surface area contributed by atoms with Gasteiger partial charge in [0.1, 0.15) is 5.01 Å². The molecule has 0 aliphatic rings. The lowest BCUT2D eigenvalue weighted by molar-refractivity contribution is -0.116. The third-order valence-corrected chi connectivity index (χ3v) is 3.10.